The summed E-state index contributed by atoms with van der Waals surface area (Å²) in [4.78, 5) is 41.0. The van der Waals surface area contributed by atoms with Crippen molar-refractivity contribution >= 4 is 23.5 Å². The highest BCUT2D eigenvalue weighted by Crippen LogP contribution is 2.29. The maximum Gasteiger partial charge on any atom is 0.325 e. The number of carbonyl (C=O) groups is 3. The highest BCUT2D eigenvalue weighted by Gasteiger charge is 2.49. The predicted octanol–water partition coefficient (Wildman–Crippen LogP) is 3.16. The monoisotopic (exact) mass is 422 g/mol. The largest absolute Gasteiger partial charge is 0.325 e. The number of amides is 4. The SMILES string of the molecule is Cc1cc(C)cc(N(CCC#N)C(=O)CN2C(=O)NC(C)(c3ccc(F)cc3)C2=O)c1. The number of urea groups is 1. The standard InChI is InChI=1S/C23H23FN4O3/c1-15-11-16(2)13-19(12-15)27(10-4-9-25)20(29)14-28-21(30)23(3,26-22(28)31)17-5-7-18(24)8-6-17/h5-8,11-13H,4,10,14H2,1-3H3,(H,26,31). The number of hydrogen-bond acceptors (Lipinski definition) is 4. The van der Waals surface area contributed by atoms with Gasteiger partial charge in [-0.15, -0.1) is 0 Å². The van der Waals surface area contributed by atoms with Gasteiger partial charge in [0.2, 0.25) is 5.91 Å². The van der Waals surface area contributed by atoms with Crippen LogP contribution in [0.4, 0.5) is 14.9 Å². The maximum absolute atomic E-state index is 13.3. The number of nitrogens with zero attached hydrogens (tertiary/aromatic N) is 3. The van der Waals surface area contributed by atoms with Crippen molar-refractivity contribution in [2.75, 3.05) is 18.0 Å². The van der Waals surface area contributed by atoms with Crippen LogP contribution in [0.1, 0.15) is 30.0 Å². The summed E-state index contributed by atoms with van der Waals surface area (Å²) in [5, 5.41) is 11.6. The molecule has 2 aromatic rings. The minimum atomic E-state index is -1.40. The first-order valence-corrected chi connectivity index (χ1v) is 9.81. The number of hydrogen-bond donors (Lipinski definition) is 1. The maximum atomic E-state index is 13.3. The average molecular weight is 422 g/mol. The molecule has 0 spiro atoms. The normalized spacial score (nSPS) is 18.0. The summed E-state index contributed by atoms with van der Waals surface area (Å²) in [7, 11) is 0. The van der Waals surface area contributed by atoms with E-state index in [1.165, 1.54) is 36.1 Å². The first-order chi connectivity index (χ1) is 14.7. The number of benzene rings is 2. The van der Waals surface area contributed by atoms with Gasteiger partial charge in [0.25, 0.3) is 5.91 Å². The van der Waals surface area contributed by atoms with Crippen molar-refractivity contribution < 1.29 is 18.8 Å². The Kier molecular flexibility index (Phi) is 6.07. The molecule has 7 nitrogen and oxygen atoms in total. The quantitative estimate of drug-likeness (QED) is 0.724. The molecule has 160 valence electrons. The summed E-state index contributed by atoms with van der Waals surface area (Å²) < 4.78 is 13.3. The minimum absolute atomic E-state index is 0.103. The fourth-order valence-electron chi connectivity index (χ4n) is 3.71. The fraction of sp³-hybridized carbons (Fsp3) is 0.304. The Hall–Kier alpha value is -3.73. The Balaban J connectivity index is 1.86. The van der Waals surface area contributed by atoms with Gasteiger partial charge in [0.05, 0.1) is 12.5 Å². The lowest BCUT2D eigenvalue weighted by molar-refractivity contribution is -0.134. The van der Waals surface area contributed by atoms with E-state index < -0.39 is 35.7 Å². The molecular weight excluding hydrogens is 399 g/mol. The molecule has 1 aliphatic heterocycles. The van der Waals surface area contributed by atoms with E-state index in [9.17, 15) is 18.8 Å². The smallest absolute Gasteiger partial charge is 0.319 e. The molecule has 1 aliphatic rings. The summed E-state index contributed by atoms with van der Waals surface area (Å²) in [5.74, 6) is -1.54. The summed E-state index contributed by atoms with van der Waals surface area (Å²) >= 11 is 0. The van der Waals surface area contributed by atoms with E-state index >= 15 is 0 Å². The molecule has 1 atom stereocenters. The van der Waals surface area contributed by atoms with Crippen LogP contribution < -0.4 is 10.2 Å². The van der Waals surface area contributed by atoms with Crippen LogP contribution in [-0.2, 0) is 15.1 Å². The molecule has 8 heteroatoms. The van der Waals surface area contributed by atoms with Gasteiger partial charge < -0.3 is 10.2 Å². The van der Waals surface area contributed by atoms with Gasteiger partial charge in [-0.2, -0.15) is 5.26 Å². The molecule has 0 aliphatic carbocycles. The number of nitriles is 1. The van der Waals surface area contributed by atoms with E-state index in [0.29, 0.717) is 11.3 Å². The molecule has 1 N–H and O–H groups in total. The van der Waals surface area contributed by atoms with Gasteiger partial charge in [-0.25, -0.2) is 9.18 Å². The highest BCUT2D eigenvalue weighted by atomic mass is 19.1. The number of carbonyl (C=O) groups excluding carboxylic acids is 3. The molecule has 1 saturated heterocycles. The molecule has 3 rings (SSSR count). The third-order valence-corrected chi connectivity index (χ3v) is 5.26. The molecule has 31 heavy (non-hydrogen) atoms. The van der Waals surface area contributed by atoms with Crippen molar-refractivity contribution in [2.45, 2.75) is 32.7 Å². The molecule has 1 heterocycles. The Labute approximate surface area is 180 Å². The average Bonchev–Trinajstić information content (AvgIpc) is 2.92. The van der Waals surface area contributed by atoms with Crippen LogP contribution in [-0.4, -0.2) is 35.8 Å². The first-order valence-electron chi connectivity index (χ1n) is 9.81. The van der Waals surface area contributed by atoms with Gasteiger partial charge >= 0.3 is 6.03 Å². The van der Waals surface area contributed by atoms with E-state index in [-0.39, 0.29) is 13.0 Å². The van der Waals surface area contributed by atoms with Crippen molar-refractivity contribution in [2.24, 2.45) is 0 Å². The van der Waals surface area contributed by atoms with Crippen molar-refractivity contribution in [3.05, 3.63) is 65.0 Å². The second kappa shape index (κ2) is 8.56. The van der Waals surface area contributed by atoms with E-state index in [4.69, 9.17) is 5.26 Å². The zero-order valence-electron chi connectivity index (χ0n) is 17.6. The zero-order chi connectivity index (χ0) is 22.8. The van der Waals surface area contributed by atoms with Crippen LogP contribution >= 0.6 is 0 Å². The Morgan fingerprint density at radius 1 is 1.16 bits per heavy atom. The third kappa shape index (κ3) is 4.40. The van der Waals surface area contributed by atoms with Crippen molar-refractivity contribution in [1.82, 2.24) is 10.2 Å². The number of halogens is 1. The van der Waals surface area contributed by atoms with Crippen LogP contribution in [0, 0.1) is 31.0 Å². The Bertz CT molecular complexity index is 1060. The molecule has 0 saturated carbocycles. The van der Waals surface area contributed by atoms with Crippen molar-refractivity contribution in [1.29, 1.82) is 5.26 Å². The Morgan fingerprint density at radius 2 is 1.77 bits per heavy atom. The lowest BCUT2D eigenvalue weighted by atomic mass is 9.92. The molecule has 0 bridgehead atoms. The zero-order valence-corrected chi connectivity index (χ0v) is 17.6. The van der Waals surface area contributed by atoms with E-state index in [1.54, 1.807) is 0 Å². The van der Waals surface area contributed by atoms with E-state index in [1.807, 2.05) is 38.1 Å². The van der Waals surface area contributed by atoms with Gasteiger partial charge in [0.1, 0.15) is 17.9 Å². The molecular formula is C23H23FN4O3. The minimum Gasteiger partial charge on any atom is -0.319 e. The predicted molar refractivity (Wildman–Crippen MR) is 112 cm³/mol. The number of nitrogens with one attached hydrogen (secondary N) is 1. The lowest BCUT2D eigenvalue weighted by Gasteiger charge is -2.25. The number of anilines is 1. The molecule has 4 amide bonds. The van der Waals surface area contributed by atoms with Gasteiger partial charge in [0.15, 0.2) is 0 Å². The number of rotatable bonds is 6. The Morgan fingerprint density at radius 3 is 2.35 bits per heavy atom. The van der Waals surface area contributed by atoms with Crippen LogP contribution in [0.25, 0.3) is 0 Å². The van der Waals surface area contributed by atoms with Gasteiger partial charge in [-0.1, -0.05) is 18.2 Å². The van der Waals surface area contributed by atoms with Crippen LogP contribution in [0.3, 0.4) is 0 Å². The summed E-state index contributed by atoms with van der Waals surface area (Å²) in [6, 6.07) is 12.2. The summed E-state index contributed by atoms with van der Waals surface area (Å²) in [6.07, 6.45) is 0.103. The molecule has 1 fully saturated rings. The van der Waals surface area contributed by atoms with Crippen molar-refractivity contribution in [3.63, 3.8) is 0 Å². The fourth-order valence-corrected chi connectivity index (χ4v) is 3.71. The molecule has 2 aromatic carbocycles. The van der Waals surface area contributed by atoms with Gasteiger partial charge in [0, 0.05) is 12.2 Å². The van der Waals surface area contributed by atoms with E-state index in [0.717, 1.165) is 16.0 Å². The topological polar surface area (TPSA) is 93.5 Å². The van der Waals surface area contributed by atoms with Gasteiger partial charge in [-0.05, 0) is 61.7 Å². The summed E-state index contributed by atoms with van der Waals surface area (Å²) in [6.45, 7) is 4.98. The molecule has 1 unspecified atom stereocenters. The second-order valence-corrected chi connectivity index (χ2v) is 7.75. The second-order valence-electron chi connectivity index (χ2n) is 7.75. The van der Waals surface area contributed by atoms with E-state index in [2.05, 4.69) is 5.32 Å². The van der Waals surface area contributed by atoms with Crippen molar-refractivity contribution in [3.8, 4) is 6.07 Å². The van der Waals surface area contributed by atoms with Crippen LogP contribution in [0.5, 0.6) is 0 Å². The van der Waals surface area contributed by atoms with Crippen LogP contribution in [0.2, 0.25) is 0 Å². The van der Waals surface area contributed by atoms with Gasteiger partial charge in [-0.3, -0.25) is 14.5 Å². The molecule has 0 radical (unpaired) electrons. The molecule has 0 aromatic heterocycles. The number of imide groups is 1. The highest BCUT2D eigenvalue weighted by molar-refractivity contribution is 6.10. The lowest BCUT2D eigenvalue weighted by Crippen LogP contribution is -2.45. The first kappa shape index (κ1) is 22.0. The number of aryl methyl sites for hydroxylation is 2. The summed E-state index contributed by atoms with van der Waals surface area (Å²) in [5.41, 5.74) is 1.51. The third-order valence-electron chi connectivity index (χ3n) is 5.26. The van der Waals surface area contributed by atoms with Crippen LogP contribution in [0.15, 0.2) is 42.5 Å².